The molecule has 0 saturated carbocycles. The van der Waals surface area contributed by atoms with Gasteiger partial charge >= 0.3 is 19.5 Å². The third-order valence-corrected chi connectivity index (χ3v) is 7.45. The van der Waals surface area contributed by atoms with Gasteiger partial charge in [0.1, 0.15) is 16.7 Å². The number of carbonyl (C=O) groups excluding carboxylic acids is 1. The number of hydrogen-bond acceptors (Lipinski definition) is 6. The molecule has 164 valence electrons. The van der Waals surface area contributed by atoms with Gasteiger partial charge in [-0.25, -0.2) is 9.88 Å². The first-order valence-electron chi connectivity index (χ1n) is 9.73. The van der Waals surface area contributed by atoms with E-state index in [9.17, 15) is 19.3 Å². The van der Waals surface area contributed by atoms with Gasteiger partial charge in [0.05, 0.1) is 12.3 Å². The molecule has 0 fully saturated rings. The summed E-state index contributed by atoms with van der Waals surface area (Å²) in [5, 5.41) is 12.8. The zero-order chi connectivity index (χ0) is 22.6. The Labute approximate surface area is 184 Å². The van der Waals surface area contributed by atoms with Crippen LogP contribution in [0.15, 0.2) is 54.6 Å². The van der Waals surface area contributed by atoms with Crippen molar-refractivity contribution in [2.45, 2.75) is 39.1 Å². The van der Waals surface area contributed by atoms with Gasteiger partial charge in [-0.05, 0) is 62.1 Å². The SMILES string of the molecule is CC(C)OC(=O)C(C)NP(=O)(Cc1ccc2sc(C(=O)O)cc2c1)Oc1ccccc1. The summed E-state index contributed by atoms with van der Waals surface area (Å²) in [7, 11) is -3.57. The van der Waals surface area contributed by atoms with Crippen LogP contribution in [0.3, 0.4) is 0 Å². The minimum atomic E-state index is -3.57. The van der Waals surface area contributed by atoms with Gasteiger partial charge in [0.15, 0.2) is 0 Å². The van der Waals surface area contributed by atoms with Gasteiger partial charge in [0.25, 0.3) is 0 Å². The molecule has 0 aliphatic heterocycles. The highest BCUT2D eigenvalue weighted by atomic mass is 32.1. The first-order chi connectivity index (χ1) is 14.6. The van der Waals surface area contributed by atoms with E-state index in [0.29, 0.717) is 11.3 Å². The van der Waals surface area contributed by atoms with Crippen LogP contribution in [0.1, 0.15) is 36.0 Å². The van der Waals surface area contributed by atoms with Crippen LogP contribution in [0.25, 0.3) is 10.1 Å². The molecule has 3 rings (SSSR count). The molecule has 1 aromatic heterocycles. The number of ether oxygens (including phenoxy) is 1. The molecule has 0 radical (unpaired) electrons. The van der Waals surface area contributed by atoms with Crippen LogP contribution in [0.2, 0.25) is 0 Å². The predicted octanol–water partition coefficient (Wildman–Crippen LogP) is 5.30. The summed E-state index contributed by atoms with van der Waals surface area (Å²) in [6.45, 7) is 5.06. The highest BCUT2D eigenvalue weighted by molar-refractivity contribution is 7.56. The van der Waals surface area contributed by atoms with E-state index < -0.39 is 25.5 Å². The average molecular weight is 461 g/mol. The highest BCUT2D eigenvalue weighted by Gasteiger charge is 2.31. The standard InChI is InChI=1S/C22H24NO6PS/c1-14(2)28-22(26)15(3)23-30(27,29-18-7-5-4-6-8-18)13-16-9-10-19-17(11-16)12-20(31-19)21(24)25/h4-12,14-15H,13H2,1-3H3,(H,23,27)(H,24,25). The fraction of sp³-hybridized carbons (Fsp3) is 0.273. The third-order valence-electron chi connectivity index (χ3n) is 4.27. The van der Waals surface area contributed by atoms with E-state index in [1.807, 2.05) is 6.07 Å². The maximum atomic E-state index is 13.8. The van der Waals surface area contributed by atoms with Crippen LogP contribution < -0.4 is 9.61 Å². The minimum absolute atomic E-state index is 0.00931. The van der Waals surface area contributed by atoms with Crippen LogP contribution >= 0.6 is 18.9 Å². The number of fused-ring (bicyclic) bond motifs is 1. The predicted molar refractivity (Wildman–Crippen MR) is 121 cm³/mol. The fourth-order valence-electron chi connectivity index (χ4n) is 2.97. The number of nitrogens with one attached hydrogen (secondary N) is 1. The van der Waals surface area contributed by atoms with Crippen molar-refractivity contribution in [2.75, 3.05) is 0 Å². The molecule has 2 aromatic carbocycles. The molecule has 2 atom stereocenters. The van der Waals surface area contributed by atoms with Crippen LogP contribution in [0, 0.1) is 0 Å². The Balaban J connectivity index is 1.88. The molecule has 0 saturated heterocycles. The molecular weight excluding hydrogens is 437 g/mol. The summed E-state index contributed by atoms with van der Waals surface area (Å²) in [6.07, 6.45) is -0.286. The van der Waals surface area contributed by atoms with Gasteiger partial charge in [-0.1, -0.05) is 24.3 Å². The Kier molecular flexibility index (Phi) is 7.15. The Morgan fingerprint density at radius 1 is 1.10 bits per heavy atom. The molecule has 0 aliphatic carbocycles. The van der Waals surface area contributed by atoms with Crippen LogP contribution in [-0.2, 0) is 20.3 Å². The van der Waals surface area contributed by atoms with Crippen molar-refractivity contribution in [3.05, 3.63) is 65.0 Å². The first kappa shape index (κ1) is 23.0. The van der Waals surface area contributed by atoms with Crippen molar-refractivity contribution in [1.29, 1.82) is 0 Å². The molecule has 0 amide bonds. The Morgan fingerprint density at radius 2 is 1.81 bits per heavy atom. The zero-order valence-electron chi connectivity index (χ0n) is 17.4. The van der Waals surface area contributed by atoms with E-state index in [1.165, 1.54) is 11.3 Å². The minimum Gasteiger partial charge on any atom is -0.477 e. The van der Waals surface area contributed by atoms with E-state index in [0.717, 1.165) is 10.1 Å². The van der Waals surface area contributed by atoms with E-state index in [1.54, 1.807) is 69.3 Å². The molecule has 1 heterocycles. The van der Waals surface area contributed by atoms with Crippen molar-refractivity contribution in [3.8, 4) is 5.75 Å². The lowest BCUT2D eigenvalue weighted by Crippen LogP contribution is -2.36. The number of esters is 1. The monoisotopic (exact) mass is 461 g/mol. The van der Waals surface area contributed by atoms with Crippen molar-refractivity contribution >= 4 is 40.9 Å². The van der Waals surface area contributed by atoms with Gasteiger partial charge in [-0.3, -0.25) is 9.36 Å². The number of rotatable bonds is 9. The van der Waals surface area contributed by atoms with Crippen LogP contribution in [-0.4, -0.2) is 29.2 Å². The number of thiophene rings is 1. The summed E-state index contributed by atoms with van der Waals surface area (Å²) < 4.78 is 25.6. The molecule has 31 heavy (non-hydrogen) atoms. The average Bonchev–Trinajstić information content (AvgIpc) is 3.11. The van der Waals surface area contributed by atoms with Gasteiger partial charge in [0, 0.05) is 4.70 Å². The highest BCUT2D eigenvalue weighted by Crippen LogP contribution is 2.47. The maximum absolute atomic E-state index is 13.8. The molecule has 0 bridgehead atoms. The number of aromatic carboxylic acids is 1. The number of carbonyl (C=O) groups is 2. The Morgan fingerprint density at radius 3 is 2.45 bits per heavy atom. The van der Waals surface area contributed by atoms with Crippen molar-refractivity contribution in [3.63, 3.8) is 0 Å². The van der Waals surface area contributed by atoms with Gasteiger partial charge < -0.3 is 14.4 Å². The smallest absolute Gasteiger partial charge is 0.345 e. The van der Waals surface area contributed by atoms with Crippen molar-refractivity contribution in [2.24, 2.45) is 0 Å². The van der Waals surface area contributed by atoms with Gasteiger partial charge in [0.2, 0.25) is 0 Å². The van der Waals surface area contributed by atoms with Gasteiger partial charge in [-0.15, -0.1) is 11.3 Å². The quantitative estimate of drug-likeness (QED) is 0.329. The second kappa shape index (κ2) is 9.64. The molecule has 2 N–H and O–H groups in total. The molecule has 0 spiro atoms. The van der Waals surface area contributed by atoms with E-state index >= 15 is 0 Å². The lowest BCUT2D eigenvalue weighted by Gasteiger charge is -2.24. The summed E-state index contributed by atoms with van der Waals surface area (Å²) >= 11 is 1.18. The molecule has 9 heteroatoms. The molecule has 3 aromatic rings. The second-order valence-electron chi connectivity index (χ2n) is 7.36. The van der Waals surface area contributed by atoms with E-state index in [2.05, 4.69) is 5.09 Å². The Bertz CT molecular complexity index is 1130. The lowest BCUT2D eigenvalue weighted by molar-refractivity contribution is -0.149. The fourth-order valence-corrected chi connectivity index (χ4v) is 5.90. The number of hydrogen-bond donors (Lipinski definition) is 2. The third kappa shape index (κ3) is 6.17. The lowest BCUT2D eigenvalue weighted by atomic mass is 10.2. The van der Waals surface area contributed by atoms with Crippen LogP contribution in [0.4, 0.5) is 0 Å². The van der Waals surface area contributed by atoms with E-state index in [4.69, 9.17) is 9.26 Å². The summed E-state index contributed by atoms with van der Waals surface area (Å²) in [5.41, 5.74) is 0.693. The number of carboxylic acid groups (broad SMARTS) is 1. The molecule has 2 unspecified atom stereocenters. The second-order valence-corrected chi connectivity index (χ2v) is 10.5. The van der Waals surface area contributed by atoms with Crippen molar-refractivity contribution < 1.29 is 28.5 Å². The van der Waals surface area contributed by atoms with Crippen LogP contribution in [0.5, 0.6) is 5.75 Å². The Hall–Kier alpha value is -2.67. The summed E-state index contributed by atoms with van der Waals surface area (Å²) in [6, 6.07) is 14.8. The van der Waals surface area contributed by atoms with Gasteiger partial charge in [-0.2, -0.15) is 0 Å². The van der Waals surface area contributed by atoms with Crippen molar-refractivity contribution in [1.82, 2.24) is 5.09 Å². The number of benzene rings is 2. The van der Waals surface area contributed by atoms with E-state index in [-0.39, 0.29) is 17.1 Å². The summed E-state index contributed by atoms with van der Waals surface area (Å²) in [4.78, 5) is 23.7. The normalized spacial score (nSPS) is 14.2. The number of carboxylic acids is 1. The first-order valence-corrected chi connectivity index (χ1v) is 12.4. The molecule has 0 aliphatic rings. The number of para-hydroxylation sites is 1. The maximum Gasteiger partial charge on any atom is 0.345 e. The molecular formula is C22H24NO6PS. The largest absolute Gasteiger partial charge is 0.477 e. The summed E-state index contributed by atoms with van der Waals surface area (Å²) in [5.74, 6) is -1.10. The topological polar surface area (TPSA) is 102 Å². The zero-order valence-corrected chi connectivity index (χ0v) is 19.1. The molecule has 7 nitrogen and oxygen atoms in total.